The van der Waals surface area contributed by atoms with Crippen LogP contribution >= 0.6 is 0 Å². The number of allylic oxidation sites excluding steroid dienone is 1. The van der Waals surface area contributed by atoms with Crippen molar-refractivity contribution in [3.05, 3.63) is 28.8 Å². The van der Waals surface area contributed by atoms with Crippen molar-refractivity contribution < 1.29 is 9.84 Å². The molecular weight excluding hydrogens is 284 g/mol. The molecule has 2 heteroatoms. The second-order valence-electron chi connectivity index (χ2n) is 7.86. The number of phenols is 1. The molecule has 0 radical (unpaired) electrons. The third kappa shape index (κ3) is 3.13. The van der Waals surface area contributed by atoms with E-state index in [-0.39, 0.29) is 5.60 Å². The van der Waals surface area contributed by atoms with Crippen LogP contribution < -0.4 is 4.74 Å². The lowest BCUT2D eigenvalue weighted by Crippen LogP contribution is -2.36. The number of fused-ring (bicyclic) bond motifs is 2. The van der Waals surface area contributed by atoms with Gasteiger partial charge >= 0.3 is 0 Å². The molecule has 0 saturated carbocycles. The van der Waals surface area contributed by atoms with Crippen molar-refractivity contribution >= 4 is 5.57 Å². The van der Waals surface area contributed by atoms with Gasteiger partial charge in [-0.15, -0.1) is 0 Å². The average Bonchev–Trinajstić information content (AvgIpc) is 2.46. The van der Waals surface area contributed by atoms with E-state index in [1.54, 1.807) is 0 Å². The SMILES string of the molecule is CCCCCc1cc(O)c2c(c1)OC(C)(C)C1=C2C[C@@H](C)CC1. The summed E-state index contributed by atoms with van der Waals surface area (Å²) in [5.41, 5.74) is 4.63. The molecule has 1 aliphatic carbocycles. The van der Waals surface area contributed by atoms with E-state index in [0.29, 0.717) is 11.7 Å². The third-order valence-corrected chi connectivity index (χ3v) is 5.41. The highest BCUT2D eigenvalue weighted by Gasteiger charge is 2.38. The lowest BCUT2D eigenvalue weighted by atomic mass is 9.74. The first-order chi connectivity index (χ1) is 10.9. The van der Waals surface area contributed by atoms with Crippen LogP contribution in [0.2, 0.25) is 0 Å². The van der Waals surface area contributed by atoms with E-state index in [9.17, 15) is 5.11 Å². The molecule has 1 aromatic rings. The van der Waals surface area contributed by atoms with Crippen molar-refractivity contribution in [2.24, 2.45) is 5.92 Å². The molecule has 0 bridgehead atoms. The molecule has 1 N–H and O–H groups in total. The number of aromatic hydroxyl groups is 1. The highest BCUT2D eigenvalue weighted by molar-refractivity contribution is 5.81. The number of hydrogen-bond donors (Lipinski definition) is 1. The Balaban J connectivity index is 2.01. The van der Waals surface area contributed by atoms with Crippen LogP contribution in [-0.2, 0) is 6.42 Å². The summed E-state index contributed by atoms with van der Waals surface area (Å²) in [7, 11) is 0. The summed E-state index contributed by atoms with van der Waals surface area (Å²) in [4.78, 5) is 0. The minimum Gasteiger partial charge on any atom is -0.507 e. The van der Waals surface area contributed by atoms with E-state index in [2.05, 4.69) is 33.8 Å². The number of phenolic OH excluding ortho intramolecular Hbond substituents is 1. The van der Waals surface area contributed by atoms with Crippen molar-refractivity contribution in [3.63, 3.8) is 0 Å². The molecule has 3 rings (SSSR count). The third-order valence-electron chi connectivity index (χ3n) is 5.41. The van der Waals surface area contributed by atoms with Gasteiger partial charge in [0.05, 0.1) is 5.56 Å². The zero-order chi connectivity index (χ0) is 16.6. The topological polar surface area (TPSA) is 29.5 Å². The van der Waals surface area contributed by atoms with E-state index in [4.69, 9.17) is 4.74 Å². The Bertz CT molecular complexity index is 625. The first-order valence-electron chi connectivity index (χ1n) is 9.20. The maximum absolute atomic E-state index is 10.7. The quantitative estimate of drug-likeness (QED) is 0.704. The van der Waals surface area contributed by atoms with E-state index in [0.717, 1.165) is 30.6 Å². The van der Waals surface area contributed by atoms with Gasteiger partial charge in [0, 0.05) is 0 Å². The summed E-state index contributed by atoms with van der Waals surface area (Å²) < 4.78 is 6.33. The monoisotopic (exact) mass is 314 g/mol. The summed E-state index contributed by atoms with van der Waals surface area (Å²) in [6, 6.07) is 4.12. The van der Waals surface area contributed by atoms with Crippen molar-refractivity contribution in [1.29, 1.82) is 0 Å². The Kier molecular flexibility index (Phi) is 4.44. The number of ether oxygens (including phenoxy) is 1. The van der Waals surface area contributed by atoms with E-state index in [1.165, 1.54) is 42.4 Å². The van der Waals surface area contributed by atoms with E-state index < -0.39 is 0 Å². The van der Waals surface area contributed by atoms with Crippen molar-refractivity contribution in [1.82, 2.24) is 0 Å². The fourth-order valence-corrected chi connectivity index (χ4v) is 4.13. The van der Waals surface area contributed by atoms with Crippen LogP contribution in [0.25, 0.3) is 5.57 Å². The average molecular weight is 314 g/mol. The lowest BCUT2D eigenvalue weighted by Gasteiger charge is -2.41. The Morgan fingerprint density at radius 1 is 1.26 bits per heavy atom. The van der Waals surface area contributed by atoms with Crippen LogP contribution in [0.15, 0.2) is 17.7 Å². The number of aryl methyl sites for hydroxylation is 1. The van der Waals surface area contributed by atoms with Gasteiger partial charge in [0.1, 0.15) is 17.1 Å². The van der Waals surface area contributed by atoms with Gasteiger partial charge in [-0.3, -0.25) is 0 Å². The van der Waals surface area contributed by atoms with E-state index >= 15 is 0 Å². The fraction of sp³-hybridized carbons (Fsp3) is 0.619. The maximum Gasteiger partial charge on any atom is 0.132 e. The largest absolute Gasteiger partial charge is 0.507 e. The van der Waals surface area contributed by atoms with Crippen LogP contribution in [-0.4, -0.2) is 10.7 Å². The summed E-state index contributed by atoms with van der Waals surface area (Å²) in [6.45, 7) is 8.86. The molecule has 0 unspecified atom stereocenters. The minimum absolute atomic E-state index is 0.253. The summed E-state index contributed by atoms with van der Waals surface area (Å²) in [5, 5.41) is 10.7. The van der Waals surface area contributed by atoms with Gasteiger partial charge in [-0.25, -0.2) is 0 Å². The zero-order valence-corrected chi connectivity index (χ0v) is 15.0. The van der Waals surface area contributed by atoms with Gasteiger partial charge in [-0.05, 0) is 80.7 Å². The molecule has 1 atom stereocenters. The zero-order valence-electron chi connectivity index (χ0n) is 15.0. The molecule has 2 aliphatic rings. The lowest BCUT2D eigenvalue weighted by molar-refractivity contribution is 0.135. The number of unbranched alkanes of at least 4 members (excludes halogenated alkanes) is 2. The second-order valence-corrected chi connectivity index (χ2v) is 7.86. The van der Waals surface area contributed by atoms with Gasteiger partial charge < -0.3 is 9.84 Å². The number of rotatable bonds is 4. The van der Waals surface area contributed by atoms with Crippen LogP contribution in [0, 0.1) is 5.92 Å². The Hall–Kier alpha value is -1.44. The van der Waals surface area contributed by atoms with Crippen molar-refractivity contribution in [3.8, 4) is 11.5 Å². The standard InChI is InChI=1S/C21H30O2/c1-5-6-7-8-15-12-18(22)20-16-11-14(2)9-10-17(16)21(3,4)23-19(20)13-15/h12-14,22H,5-11H2,1-4H3/t14-/m0/s1. The number of hydrogen-bond acceptors (Lipinski definition) is 2. The Morgan fingerprint density at radius 2 is 2.04 bits per heavy atom. The molecule has 0 saturated heterocycles. The van der Waals surface area contributed by atoms with Crippen LogP contribution in [0.4, 0.5) is 0 Å². The van der Waals surface area contributed by atoms with Gasteiger partial charge in [0.15, 0.2) is 0 Å². The normalized spacial score (nSPS) is 22.3. The minimum atomic E-state index is -0.253. The molecular formula is C21H30O2. The van der Waals surface area contributed by atoms with Crippen molar-refractivity contribution in [2.75, 3.05) is 0 Å². The fourth-order valence-electron chi connectivity index (χ4n) is 4.13. The molecule has 0 spiro atoms. The first kappa shape index (κ1) is 16.4. The smallest absolute Gasteiger partial charge is 0.132 e. The molecule has 0 amide bonds. The van der Waals surface area contributed by atoms with Gasteiger partial charge in [-0.2, -0.15) is 0 Å². The van der Waals surface area contributed by atoms with Crippen molar-refractivity contribution in [2.45, 2.75) is 78.2 Å². The van der Waals surface area contributed by atoms with Gasteiger partial charge in [-0.1, -0.05) is 26.7 Å². The highest BCUT2D eigenvalue weighted by atomic mass is 16.5. The molecule has 126 valence electrons. The summed E-state index contributed by atoms with van der Waals surface area (Å²) in [6.07, 6.45) is 7.99. The summed E-state index contributed by atoms with van der Waals surface area (Å²) in [5.74, 6) is 1.97. The van der Waals surface area contributed by atoms with E-state index in [1.807, 2.05) is 6.07 Å². The molecule has 0 aromatic heterocycles. The molecule has 1 aliphatic heterocycles. The highest BCUT2D eigenvalue weighted by Crippen LogP contribution is 2.51. The maximum atomic E-state index is 10.7. The molecule has 1 heterocycles. The first-order valence-corrected chi connectivity index (χ1v) is 9.20. The Morgan fingerprint density at radius 3 is 2.78 bits per heavy atom. The molecule has 2 nitrogen and oxygen atoms in total. The Labute approximate surface area is 140 Å². The second kappa shape index (κ2) is 6.22. The van der Waals surface area contributed by atoms with Crippen LogP contribution in [0.3, 0.4) is 0 Å². The summed E-state index contributed by atoms with van der Waals surface area (Å²) >= 11 is 0. The predicted octanol–water partition coefficient (Wildman–Crippen LogP) is 5.87. The van der Waals surface area contributed by atoms with Crippen LogP contribution in [0.5, 0.6) is 11.5 Å². The molecule has 23 heavy (non-hydrogen) atoms. The van der Waals surface area contributed by atoms with Gasteiger partial charge in [0.2, 0.25) is 0 Å². The van der Waals surface area contributed by atoms with Gasteiger partial charge in [0.25, 0.3) is 0 Å². The predicted molar refractivity (Wildman–Crippen MR) is 96.0 cm³/mol. The molecule has 0 fully saturated rings. The molecule has 1 aromatic carbocycles. The van der Waals surface area contributed by atoms with Crippen LogP contribution in [0.1, 0.15) is 77.3 Å². The number of benzene rings is 1.